The van der Waals surface area contributed by atoms with E-state index in [-0.39, 0.29) is 0 Å². The Bertz CT molecular complexity index is 772. The maximum atomic E-state index is 4.47. The third-order valence-electron chi connectivity index (χ3n) is 3.65. The maximum Gasteiger partial charge on any atom is 0.138 e. The zero-order valence-corrected chi connectivity index (χ0v) is 13.2. The Hall–Kier alpha value is -2.73. The number of nitrogens with zero attached hydrogens (tertiary/aromatic N) is 5. The van der Waals surface area contributed by atoms with Crippen molar-refractivity contribution in [3.05, 3.63) is 72.6 Å². The van der Waals surface area contributed by atoms with Gasteiger partial charge in [0, 0.05) is 24.8 Å². The van der Waals surface area contributed by atoms with Crippen molar-refractivity contribution >= 4 is 0 Å². The second kappa shape index (κ2) is 7.02. The molecule has 0 unspecified atom stereocenters. The highest BCUT2D eigenvalue weighted by Crippen LogP contribution is 2.13. The molecule has 0 fully saturated rings. The van der Waals surface area contributed by atoms with E-state index in [1.165, 1.54) is 11.1 Å². The zero-order valence-electron chi connectivity index (χ0n) is 13.2. The van der Waals surface area contributed by atoms with Gasteiger partial charge in [0.05, 0.1) is 17.9 Å². The van der Waals surface area contributed by atoms with E-state index in [0.29, 0.717) is 0 Å². The summed E-state index contributed by atoms with van der Waals surface area (Å²) in [5.41, 5.74) is 4.46. The van der Waals surface area contributed by atoms with Gasteiger partial charge in [0.2, 0.25) is 0 Å². The third kappa shape index (κ3) is 3.54. The maximum absolute atomic E-state index is 4.47. The minimum atomic E-state index is 0.732. The Kier molecular flexibility index (Phi) is 4.63. The van der Waals surface area contributed by atoms with Crippen LogP contribution < -0.4 is 5.32 Å². The van der Waals surface area contributed by atoms with Crippen LogP contribution in [0.1, 0.15) is 16.8 Å². The van der Waals surface area contributed by atoms with Crippen molar-refractivity contribution in [1.82, 2.24) is 29.9 Å². The highest BCUT2D eigenvalue weighted by atomic mass is 15.3. The van der Waals surface area contributed by atoms with E-state index in [0.717, 1.165) is 31.0 Å². The van der Waals surface area contributed by atoms with Gasteiger partial charge in [-0.3, -0.25) is 4.68 Å². The van der Waals surface area contributed by atoms with E-state index < -0.39 is 0 Å². The van der Waals surface area contributed by atoms with E-state index in [1.54, 1.807) is 17.3 Å². The molecule has 118 valence electrons. The largest absolute Gasteiger partial charge is 0.308 e. The molecular weight excluding hydrogens is 288 g/mol. The molecule has 0 saturated heterocycles. The number of hydrogen-bond donors (Lipinski definition) is 1. The molecule has 0 amide bonds. The van der Waals surface area contributed by atoms with Gasteiger partial charge in [0.15, 0.2) is 0 Å². The Morgan fingerprint density at radius 1 is 1.22 bits per heavy atom. The van der Waals surface area contributed by atoms with E-state index >= 15 is 0 Å². The topological polar surface area (TPSA) is 60.6 Å². The van der Waals surface area contributed by atoms with Gasteiger partial charge in [0.1, 0.15) is 12.7 Å². The fourth-order valence-electron chi connectivity index (χ4n) is 2.51. The van der Waals surface area contributed by atoms with Crippen LogP contribution in [0, 0.1) is 6.92 Å². The average molecular weight is 308 g/mol. The minimum absolute atomic E-state index is 0.732. The molecule has 1 aromatic carbocycles. The number of aryl methyl sites for hydroxylation is 1. The molecule has 3 rings (SSSR count). The molecule has 23 heavy (non-hydrogen) atoms. The first-order valence-electron chi connectivity index (χ1n) is 7.55. The lowest BCUT2D eigenvalue weighted by molar-refractivity contribution is 0.680. The standard InChI is InChI=1S/C17H20N6/c1-3-8-22-11-16(14(2)21-22)10-18-9-15-6-4-5-7-17(15)23-13-19-12-20-23/h3-7,11-13,18H,1,8-10H2,2H3. The van der Waals surface area contributed by atoms with E-state index in [9.17, 15) is 0 Å². The summed E-state index contributed by atoms with van der Waals surface area (Å²) in [6, 6.07) is 8.17. The molecule has 0 aliphatic carbocycles. The molecule has 6 heteroatoms. The second-order valence-electron chi connectivity index (χ2n) is 5.32. The molecule has 0 saturated carbocycles. The first kappa shape index (κ1) is 15.2. The Balaban J connectivity index is 1.67. The van der Waals surface area contributed by atoms with E-state index in [4.69, 9.17) is 0 Å². The van der Waals surface area contributed by atoms with E-state index in [2.05, 4.69) is 39.3 Å². The van der Waals surface area contributed by atoms with Crippen LogP contribution in [0.4, 0.5) is 0 Å². The molecule has 0 aliphatic rings. The number of hydrogen-bond acceptors (Lipinski definition) is 4. The number of nitrogens with one attached hydrogen (secondary N) is 1. The fourth-order valence-corrected chi connectivity index (χ4v) is 2.51. The zero-order chi connectivity index (χ0) is 16.1. The van der Waals surface area contributed by atoms with Crippen molar-refractivity contribution in [2.45, 2.75) is 26.6 Å². The molecule has 0 radical (unpaired) electrons. The van der Waals surface area contributed by atoms with Gasteiger partial charge in [0.25, 0.3) is 0 Å². The first-order chi connectivity index (χ1) is 11.3. The second-order valence-corrected chi connectivity index (χ2v) is 5.32. The van der Waals surface area contributed by atoms with Gasteiger partial charge in [-0.05, 0) is 18.6 Å². The van der Waals surface area contributed by atoms with Crippen molar-refractivity contribution in [3.63, 3.8) is 0 Å². The predicted molar refractivity (Wildman–Crippen MR) is 89.1 cm³/mol. The van der Waals surface area contributed by atoms with Crippen LogP contribution in [0.2, 0.25) is 0 Å². The Morgan fingerprint density at radius 3 is 2.83 bits per heavy atom. The van der Waals surface area contributed by atoms with Crippen LogP contribution in [0.15, 0.2) is 55.8 Å². The lowest BCUT2D eigenvalue weighted by Crippen LogP contribution is -2.15. The van der Waals surface area contributed by atoms with E-state index in [1.807, 2.05) is 35.9 Å². The van der Waals surface area contributed by atoms with Gasteiger partial charge in [-0.2, -0.15) is 10.2 Å². The average Bonchev–Trinajstić information content (AvgIpc) is 3.19. The lowest BCUT2D eigenvalue weighted by atomic mass is 10.1. The summed E-state index contributed by atoms with van der Waals surface area (Å²) in [5.74, 6) is 0. The van der Waals surface area contributed by atoms with Gasteiger partial charge in [-0.1, -0.05) is 24.3 Å². The number of para-hydroxylation sites is 1. The van der Waals surface area contributed by atoms with Crippen molar-refractivity contribution in [2.75, 3.05) is 0 Å². The first-order valence-corrected chi connectivity index (χ1v) is 7.55. The summed E-state index contributed by atoms with van der Waals surface area (Å²) in [7, 11) is 0. The number of allylic oxidation sites excluding steroid dienone is 1. The minimum Gasteiger partial charge on any atom is -0.308 e. The highest BCUT2D eigenvalue weighted by Gasteiger charge is 2.06. The lowest BCUT2D eigenvalue weighted by Gasteiger charge is -2.10. The number of rotatable bonds is 7. The monoisotopic (exact) mass is 308 g/mol. The van der Waals surface area contributed by atoms with Gasteiger partial charge in [-0.25, -0.2) is 9.67 Å². The molecule has 2 aromatic heterocycles. The smallest absolute Gasteiger partial charge is 0.138 e. The summed E-state index contributed by atoms with van der Waals surface area (Å²) in [6.07, 6.45) is 7.16. The summed E-state index contributed by atoms with van der Waals surface area (Å²) in [4.78, 5) is 4.01. The molecular formula is C17H20N6. The summed E-state index contributed by atoms with van der Waals surface area (Å²) < 4.78 is 3.69. The Morgan fingerprint density at radius 2 is 2.04 bits per heavy atom. The number of benzene rings is 1. The quantitative estimate of drug-likeness (QED) is 0.680. The predicted octanol–water partition coefficient (Wildman–Crippen LogP) is 2.25. The molecule has 3 aromatic rings. The van der Waals surface area contributed by atoms with Crippen LogP contribution in [0.25, 0.3) is 5.69 Å². The van der Waals surface area contributed by atoms with Crippen molar-refractivity contribution in [1.29, 1.82) is 0 Å². The molecule has 0 spiro atoms. The molecule has 2 heterocycles. The molecule has 0 bridgehead atoms. The summed E-state index contributed by atoms with van der Waals surface area (Å²) in [5, 5.41) is 12.1. The normalized spacial score (nSPS) is 10.8. The molecule has 6 nitrogen and oxygen atoms in total. The van der Waals surface area contributed by atoms with Crippen LogP contribution in [-0.4, -0.2) is 24.5 Å². The van der Waals surface area contributed by atoms with Gasteiger partial charge < -0.3 is 5.32 Å². The van der Waals surface area contributed by atoms with Crippen LogP contribution in [0.5, 0.6) is 0 Å². The third-order valence-corrected chi connectivity index (χ3v) is 3.65. The van der Waals surface area contributed by atoms with Crippen molar-refractivity contribution in [2.24, 2.45) is 0 Å². The van der Waals surface area contributed by atoms with Crippen molar-refractivity contribution in [3.8, 4) is 5.69 Å². The van der Waals surface area contributed by atoms with Gasteiger partial charge in [-0.15, -0.1) is 6.58 Å². The van der Waals surface area contributed by atoms with Crippen LogP contribution >= 0.6 is 0 Å². The van der Waals surface area contributed by atoms with Crippen LogP contribution in [-0.2, 0) is 19.6 Å². The van der Waals surface area contributed by atoms with Crippen molar-refractivity contribution < 1.29 is 0 Å². The SMILES string of the molecule is C=CCn1cc(CNCc2ccccc2-n2cncn2)c(C)n1. The summed E-state index contributed by atoms with van der Waals surface area (Å²) in [6.45, 7) is 8.03. The fraction of sp³-hybridized carbons (Fsp3) is 0.235. The highest BCUT2D eigenvalue weighted by molar-refractivity contribution is 5.39. The van der Waals surface area contributed by atoms with Gasteiger partial charge >= 0.3 is 0 Å². The Labute approximate surface area is 135 Å². The molecule has 0 aliphatic heterocycles. The molecule has 1 N–H and O–H groups in total. The van der Waals surface area contributed by atoms with Crippen LogP contribution in [0.3, 0.4) is 0 Å². The number of aromatic nitrogens is 5. The summed E-state index contributed by atoms with van der Waals surface area (Å²) >= 11 is 0. The molecule has 0 atom stereocenters.